The summed E-state index contributed by atoms with van der Waals surface area (Å²) in [5.41, 5.74) is 0.769. The molecular formula is C13H18FNO2. The SMILES string of the molecule is CC(C)OCC(=O)N(C)Cc1cccc(F)c1. The Balaban J connectivity index is 2.48. The molecule has 0 N–H and O–H groups in total. The van der Waals surface area contributed by atoms with Gasteiger partial charge in [-0.05, 0) is 31.5 Å². The number of carbonyl (C=O) groups excluding carboxylic acids is 1. The number of ether oxygens (including phenoxy) is 1. The lowest BCUT2D eigenvalue weighted by Gasteiger charge is -2.18. The Bertz CT molecular complexity index is 379. The molecule has 0 heterocycles. The topological polar surface area (TPSA) is 29.5 Å². The number of rotatable bonds is 5. The van der Waals surface area contributed by atoms with Crippen molar-refractivity contribution >= 4 is 5.91 Å². The standard InChI is InChI=1S/C13H18FNO2/c1-10(2)17-9-13(16)15(3)8-11-5-4-6-12(14)7-11/h4-7,10H,8-9H2,1-3H3. The Morgan fingerprint density at radius 2 is 2.18 bits per heavy atom. The van der Waals surface area contributed by atoms with Crippen LogP contribution in [-0.2, 0) is 16.1 Å². The Labute approximate surface area is 101 Å². The molecule has 0 saturated heterocycles. The minimum absolute atomic E-state index is 0.0292. The van der Waals surface area contributed by atoms with E-state index in [-0.39, 0.29) is 24.4 Å². The lowest BCUT2D eigenvalue weighted by molar-refractivity contribution is -0.136. The van der Waals surface area contributed by atoms with Crippen molar-refractivity contribution in [3.05, 3.63) is 35.6 Å². The van der Waals surface area contributed by atoms with Crippen molar-refractivity contribution in [3.8, 4) is 0 Å². The highest BCUT2D eigenvalue weighted by Gasteiger charge is 2.10. The first kappa shape index (κ1) is 13.6. The summed E-state index contributed by atoms with van der Waals surface area (Å²) < 4.78 is 18.2. The quantitative estimate of drug-likeness (QED) is 0.788. The first-order valence-electron chi connectivity index (χ1n) is 5.59. The van der Waals surface area contributed by atoms with E-state index in [0.717, 1.165) is 5.56 Å². The van der Waals surface area contributed by atoms with Crippen molar-refractivity contribution in [1.29, 1.82) is 0 Å². The third kappa shape index (κ3) is 4.95. The molecule has 0 saturated carbocycles. The van der Waals surface area contributed by atoms with Gasteiger partial charge < -0.3 is 9.64 Å². The summed E-state index contributed by atoms with van der Waals surface area (Å²) >= 11 is 0. The summed E-state index contributed by atoms with van der Waals surface area (Å²) in [6.45, 7) is 4.20. The normalized spacial score (nSPS) is 10.6. The maximum Gasteiger partial charge on any atom is 0.248 e. The lowest BCUT2D eigenvalue weighted by atomic mass is 10.2. The van der Waals surface area contributed by atoms with E-state index >= 15 is 0 Å². The Kier molecular flexibility index (Phi) is 5.10. The van der Waals surface area contributed by atoms with Crippen molar-refractivity contribution in [1.82, 2.24) is 4.90 Å². The molecule has 0 aliphatic rings. The van der Waals surface area contributed by atoms with E-state index in [9.17, 15) is 9.18 Å². The van der Waals surface area contributed by atoms with Crippen LogP contribution in [0.25, 0.3) is 0 Å². The minimum atomic E-state index is -0.290. The van der Waals surface area contributed by atoms with Crippen LogP contribution < -0.4 is 0 Å². The highest BCUT2D eigenvalue weighted by molar-refractivity contribution is 5.77. The zero-order valence-corrected chi connectivity index (χ0v) is 10.4. The van der Waals surface area contributed by atoms with Gasteiger partial charge in [0.15, 0.2) is 0 Å². The van der Waals surface area contributed by atoms with E-state index in [1.807, 2.05) is 13.8 Å². The Hall–Kier alpha value is -1.42. The fourth-order valence-corrected chi connectivity index (χ4v) is 1.35. The molecule has 94 valence electrons. The number of amides is 1. The third-order valence-electron chi connectivity index (χ3n) is 2.27. The van der Waals surface area contributed by atoms with E-state index < -0.39 is 0 Å². The van der Waals surface area contributed by atoms with Gasteiger partial charge in [-0.1, -0.05) is 12.1 Å². The van der Waals surface area contributed by atoms with Crippen LogP contribution in [0.5, 0.6) is 0 Å². The molecule has 0 radical (unpaired) electrons. The molecule has 0 bridgehead atoms. The molecule has 1 rings (SSSR count). The van der Waals surface area contributed by atoms with Crippen molar-refractivity contribution < 1.29 is 13.9 Å². The maximum atomic E-state index is 12.9. The van der Waals surface area contributed by atoms with Crippen LogP contribution in [0.2, 0.25) is 0 Å². The fraction of sp³-hybridized carbons (Fsp3) is 0.462. The molecule has 1 amide bonds. The number of nitrogens with zero attached hydrogens (tertiary/aromatic N) is 1. The predicted molar refractivity (Wildman–Crippen MR) is 64.0 cm³/mol. The van der Waals surface area contributed by atoms with Gasteiger partial charge in [0.1, 0.15) is 12.4 Å². The van der Waals surface area contributed by atoms with E-state index in [0.29, 0.717) is 6.54 Å². The first-order chi connectivity index (χ1) is 7.99. The highest BCUT2D eigenvalue weighted by atomic mass is 19.1. The monoisotopic (exact) mass is 239 g/mol. The zero-order valence-electron chi connectivity index (χ0n) is 10.4. The van der Waals surface area contributed by atoms with Crippen LogP contribution in [0.3, 0.4) is 0 Å². The number of halogens is 1. The molecule has 0 aromatic heterocycles. The first-order valence-corrected chi connectivity index (χ1v) is 5.59. The lowest BCUT2D eigenvalue weighted by Crippen LogP contribution is -2.30. The van der Waals surface area contributed by atoms with Crippen LogP contribution in [0.4, 0.5) is 4.39 Å². The number of likely N-dealkylation sites (N-methyl/N-ethyl adjacent to an activating group) is 1. The average Bonchev–Trinajstić information content (AvgIpc) is 2.25. The average molecular weight is 239 g/mol. The molecule has 17 heavy (non-hydrogen) atoms. The molecule has 0 aliphatic carbocycles. The molecule has 0 atom stereocenters. The summed E-state index contributed by atoms with van der Waals surface area (Å²) in [6, 6.07) is 6.23. The van der Waals surface area contributed by atoms with Crippen LogP contribution >= 0.6 is 0 Å². The van der Waals surface area contributed by atoms with Crippen molar-refractivity contribution in [2.45, 2.75) is 26.5 Å². The molecular weight excluding hydrogens is 221 g/mol. The van der Waals surface area contributed by atoms with Gasteiger partial charge >= 0.3 is 0 Å². The molecule has 1 aromatic rings. The van der Waals surface area contributed by atoms with Gasteiger partial charge in [0.2, 0.25) is 5.91 Å². The van der Waals surface area contributed by atoms with Gasteiger partial charge in [0, 0.05) is 13.6 Å². The predicted octanol–water partition coefficient (Wildman–Crippen LogP) is 2.21. The van der Waals surface area contributed by atoms with Crippen LogP contribution in [0.15, 0.2) is 24.3 Å². The molecule has 4 heteroatoms. The molecule has 0 aliphatic heterocycles. The van der Waals surface area contributed by atoms with Gasteiger partial charge in [-0.2, -0.15) is 0 Å². The largest absolute Gasteiger partial charge is 0.369 e. The number of benzene rings is 1. The van der Waals surface area contributed by atoms with Gasteiger partial charge in [0.25, 0.3) is 0 Å². The van der Waals surface area contributed by atoms with Crippen LogP contribution in [0, 0.1) is 5.82 Å². The zero-order chi connectivity index (χ0) is 12.8. The summed E-state index contributed by atoms with van der Waals surface area (Å²) in [7, 11) is 1.68. The van der Waals surface area contributed by atoms with Crippen molar-refractivity contribution in [3.63, 3.8) is 0 Å². The van der Waals surface area contributed by atoms with Gasteiger partial charge in [-0.25, -0.2) is 4.39 Å². The molecule has 3 nitrogen and oxygen atoms in total. The van der Waals surface area contributed by atoms with E-state index in [2.05, 4.69) is 0 Å². The van der Waals surface area contributed by atoms with Crippen molar-refractivity contribution in [2.24, 2.45) is 0 Å². The Morgan fingerprint density at radius 1 is 1.47 bits per heavy atom. The minimum Gasteiger partial charge on any atom is -0.369 e. The molecule has 1 aromatic carbocycles. The fourth-order valence-electron chi connectivity index (χ4n) is 1.35. The van der Waals surface area contributed by atoms with Gasteiger partial charge in [0.05, 0.1) is 6.10 Å². The van der Waals surface area contributed by atoms with Gasteiger partial charge in [-0.15, -0.1) is 0 Å². The number of hydrogen-bond acceptors (Lipinski definition) is 2. The summed E-state index contributed by atoms with van der Waals surface area (Å²) in [6.07, 6.45) is 0.0292. The third-order valence-corrected chi connectivity index (χ3v) is 2.27. The number of hydrogen-bond donors (Lipinski definition) is 0. The van der Waals surface area contributed by atoms with E-state index in [4.69, 9.17) is 4.74 Å². The summed E-state index contributed by atoms with van der Waals surface area (Å²) in [5, 5.41) is 0. The smallest absolute Gasteiger partial charge is 0.248 e. The van der Waals surface area contributed by atoms with E-state index in [1.54, 1.807) is 19.2 Å². The maximum absolute atomic E-state index is 12.9. The summed E-state index contributed by atoms with van der Waals surface area (Å²) in [5.74, 6) is -0.398. The van der Waals surface area contributed by atoms with E-state index in [1.165, 1.54) is 17.0 Å². The van der Waals surface area contributed by atoms with Crippen molar-refractivity contribution in [2.75, 3.05) is 13.7 Å². The molecule has 0 fully saturated rings. The second kappa shape index (κ2) is 6.35. The molecule has 0 spiro atoms. The van der Waals surface area contributed by atoms with Crippen LogP contribution in [0.1, 0.15) is 19.4 Å². The Morgan fingerprint density at radius 3 is 2.76 bits per heavy atom. The second-order valence-corrected chi connectivity index (χ2v) is 4.24. The molecule has 0 unspecified atom stereocenters. The number of carbonyl (C=O) groups is 1. The van der Waals surface area contributed by atoms with Gasteiger partial charge in [-0.3, -0.25) is 4.79 Å². The van der Waals surface area contributed by atoms with Crippen LogP contribution in [-0.4, -0.2) is 30.6 Å². The highest BCUT2D eigenvalue weighted by Crippen LogP contribution is 2.06. The summed E-state index contributed by atoms with van der Waals surface area (Å²) in [4.78, 5) is 13.2. The second-order valence-electron chi connectivity index (χ2n) is 4.24.